The molecule has 0 saturated heterocycles. The highest BCUT2D eigenvalue weighted by atomic mass is 19.1. The van der Waals surface area contributed by atoms with E-state index in [1.165, 1.54) is 18.5 Å². The topological polar surface area (TPSA) is 68.6 Å². The fourth-order valence-corrected chi connectivity index (χ4v) is 3.74. The maximum Gasteiger partial charge on any atom is 0.123 e. The Morgan fingerprint density at radius 1 is 1.26 bits per heavy atom. The fourth-order valence-electron chi connectivity index (χ4n) is 3.74. The molecule has 5 nitrogen and oxygen atoms in total. The second-order valence-corrected chi connectivity index (χ2v) is 7.28. The minimum atomic E-state index is -0.266. The normalized spacial score (nSPS) is 16.1. The van der Waals surface area contributed by atoms with Crippen LogP contribution in [0.5, 0.6) is 0 Å². The smallest absolute Gasteiger partial charge is 0.123 e. The summed E-state index contributed by atoms with van der Waals surface area (Å²) in [5, 5.41) is 4.61. The third-order valence-corrected chi connectivity index (χ3v) is 5.34. The predicted molar refractivity (Wildman–Crippen MR) is 128 cm³/mol. The van der Waals surface area contributed by atoms with Crippen molar-refractivity contribution in [1.29, 1.82) is 0 Å². The van der Waals surface area contributed by atoms with Gasteiger partial charge in [0, 0.05) is 16.8 Å². The van der Waals surface area contributed by atoms with Crippen LogP contribution >= 0.6 is 0 Å². The Labute approximate surface area is 183 Å². The van der Waals surface area contributed by atoms with E-state index in [-0.39, 0.29) is 11.9 Å². The molecule has 1 heterocycles. The molecule has 0 bridgehead atoms. The van der Waals surface area contributed by atoms with Gasteiger partial charge in [0.05, 0.1) is 35.7 Å². The quantitative estimate of drug-likeness (QED) is 0.460. The molecule has 31 heavy (non-hydrogen) atoms. The number of benzene rings is 1. The van der Waals surface area contributed by atoms with Crippen molar-refractivity contribution >= 4 is 23.7 Å². The highest BCUT2D eigenvalue weighted by molar-refractivity contribution is 5.94. The molecule has 162 valence electrons. The second-order valence-electron chi connectivity index (χ2n) is 7.28. The Morgan fingerprint density at radius 3 is 2.68 bits per heavy atom. The first-order chi connectivity index (χ1) is 15.1. The van der Waals surface area contributed by atoms with Crippen molar-refractivity contribution in [2.24, 2.45) is 15.7 Å². The van der Waals surface area contributed by atoms with E-state index in [2.05, 4.69) is 42.2 Å². The lowest BCUT2D eigenvalue weighted by Crippen LogP contribution is -2.18. The standard InChI is InChI=1S/C25H30FN5/c1-4-22(30-24(6-3)23(5-2)28-17-27)20-10-8-7-9-11-25-21(20)16-29-31(25)19-14-12-18(26)13-15-19/h4,9-17,23H,5-8H2,1-3H3,(H2,27,28). The molecule has 2 aromatic rings. The number of hydrogen-bond donors (Lipinski definition) is 1. The summed E-state index contributed by atoms with van der Waals surface area (Å²) in [6.45, 7) is 6.18. The van der Waals surface area contributed by atoms with Gasteiger partial charge in [-0.25, -0.2) is 9.07 Å². The number of aliphatic imine (C=N–C) groups is 2. The molecule has 1 aromatic heterocycles. The summed E-state index contributed by atoms with van der Waals surface area (Å²) in [5.74, 6) is -0.266. The number of nitrogens with zero attached hydrogens (tertiary/aromatic N) is 4. The average Bonchev–Trinajstić information content (AvgIpc) is 3.17. The van der Waals surface area contributed by atoms with Crippen LogP contribution in [0.2, 0.25) is 0 Å². The minimum absolute atomic E-state index is 0.0274. The maximum absolute atomic E-state index is 13.4. The maximum atomic E-state index is 13.4. The first-order valence-corrected chi connectivity index (χ1v) is 10.8. The zero-order chi connectivity index (χ0) is 22.2. The molecule has 0 saturated carbocycles. The van der Waals surface area contributed by atoms with E-state index >= 15 is 0 Å². The van der Waals surface area contributed by atoms with Crippen molar-refractivity contribution in [2.75, 3.05) is 0 Å². The van der Waals surface area contributed by atoms with Gasteiger partial charge in [0.25, 0.3) is 0 Å². The first-order valence-electron chi connectivity index (χ1n) is 10.8. The molecule has 0 amide bonds. The molecule has 1 aliphatic carbocycles. The lowest BCUT2D eigenvalue weighted by molar-refractivity contribution is 0.627. The zero-order valence-corrected chi connectivity index (χ0v) is 18.4. The fraction of sp³-hybridized carbons (Fsp3) is 0.320. The van der Waals surface area contributed by atoms with Crippen LogP contribution in [0.3, 0.4) is 0 Å². The Bertz CT molecular complexity index is 1040. The van der Waals surface area contributed by atoms with Crippen molar-refractivity contribution < 1.29 is 4.39 Å². The van der Waals surface area contributed by atoms with Gasteiger partial charge in [-0.1, -0.05) is 32.1 Å². The number of allylic oxidation sites excluding steroid dienone is 4. The molecule has 6 heteroatoms. The summed E-state index contributed by atoms with van der Waals surface area (Å²) in [5.41, 5.74) is 11.3. The number of rotatable bonds is 7. The Morgan fingerprint density at radius 2 is 2.03 bits per heavy atom. The number of fused-ring (bicyclic) bond motifs is 1. The lowest BCUT2D eigenvalue weighted by atomic mass is 9.98. The summed E-state index contributed by atoms with van der Waals surface area (Å²) >= 11 is 0. The minimum Gasteiger partial charge on any atom is -0.390 e. The van der Waals surface area contributed by atoms with Gasteiger partial charge in [0.2, 0.25) is 0 Å². The van der Waals surface area contributed by atoms with E-state index in [1.807, 2.05) is 23.9 Å². The van der Waals surface area contributed by atoms with E-state index in [0.717, 1.165) is 59.6 Å². The summed E-state index contributed by atoms with van der Waals surface area (Å²) in [6.07, 6.45) is 15.2. The van der Waals surface area contributed by atoms with Crippen molar-refractivity contribution in [3.63, 3.8) is 0 Å². The zero-order valence-electron chi connectivity index (χ0n) is 18.4. The summed E-state index contributed by atoms with van der Waals surface area (Å²) in [4.78, 5) is 9.41. The molecule has 0 radical (unpaired) electrons. The van der Waals surface area contributed by atoms with Crippen LogP contribution in [-0.4, -0.2) is 27.9 Å². The molecule has 0 aliphatic heterocycles. The van der Waals surface area contributed by atoms with Crippen LogP contribution in [0.1, 0.15) is 57.7 Å². The van der Waals surface area contributed by atoms with Crippen LogP contribution < -0.4 is 5.73 Å². The molecular weight excluding hydrogens is 389 g/mol. The highest BCUT2D eigenvalue weighted by Gasteiger charge is 2.19. The van der Waals surface area contributed by atoms with E-state index in [9.17, 15) is 4.39 Å². The predicted octanol–water partition coefficient (Wildman–Crippen LogP) is 5.72. The van der Waals surface area contributed by atoms with E-state index in [0.29, 0.717) is 0 Å². The van der Waals surface area contributed by atoms with Gasteiger partial charge in [0.15, 0.2) is 0 Å². The molecule has 2 N–H and O–H groups in total. The lowest BCUT2D eigenvalue weighted by Gasteiger charge is -2.16. The molecule has 1 atom stereocenters. The number of halogens is 1. The van der Waals surface area contributed by atoms with Crippen LogP contribution in [0.25, 0.3) is 17.3 Å². The van der Waals surface area contributed by atoms with Gasteiger partial charge in [-0.3, -0.25) is 9.98 Å². The monoisotopic (exact) mass is 419 g/mol. The van der Waals surface area contributed by atoms with Crippen LogP contribution in [-0.2, 0) is 0 Å². The van der Waals surface area contributed by atoms with Crippen LogP contribution in [0, 0.1) is 5.82 Å². The third-order valence-electron chi connectivity index (χ3n) is 5.34. The SMILES string of the molecule is CC=C(N=C(CC)C(CC)N=CN)C1=CCCC=Cc2c1cnn2-c1ccc(F)cc1. The number of aromatic nitrogens is 2. The Kier molecular flexibility index (Phi) is 7.70. The Balaban J connectivity index is 2.08. The summed E-state index contributed by atoms with van der Waals surface area (Å²) < 4.78 is 15.3. The first kappa shape index (κ1) is 22.4. The number of nitrogens with two attached hydrogens (primary N) is 1. The Hall–Kier alpha value is -3.28. The van der Waals surface area contributed by atoms with E-state index in [1.54, 1.807) is 12.1 Å². The van der Waals surface area contributed by atoms with E-state index < -0.39 is 0 Å². The van der Waals surface area contributed by atoms with Gasteiger partial charge in [-0.15, -0.1) is 0 Å². The molecule has 0 fully saturated rings. The van der Waals surface area contributed by atoms with Crippen molar-refractivity contribution in [3.05, 3.63) is 71.5 Å². The second kappa shape index (κ2) is 10.7. The molecule has 1 aromatic carbocycles. The van der Waals surface area contributed by atoms with E-state index in [4.69, 9.17) is 10.7 Å². The average molecular weight is 420 g/mol. The summed E-state index contributed by atoms with van der Waals surface area (Å²) in [7, 11) is 0. The molecule has 3 rings (SSSR count). The van der Waals surface area contributed by atoms with Gasteiger partial charge >= 0.3 is 0 Å². The third kappa shape index (κ3) is 5.08. The molecule has 1 unspecified atom stereocenters. The van der Waals surface area contributed by atoms with Gasteiger partial charge in [-0.2, -0.15) is 5.10 Å². The van der Waals surface area contributed by atoms with Crippen molar-refractivity contribution in [3.8, 4) is 5.69 Å². The van der Waals surface area contributed by atoms with Gasteiger partial charge < -0.3 is 5.73 Å². The highest BCUT2D eigenvalue weighted by Crippen LogP contribution is 2.32. The summed E-state index contributed by atoms with van der Waals surface area (Å²) in [6, 6.07) is 6.34. The largest absolute Gasteiger partial charge is 0.390 e. The number of hydrogen-bond acceptors (Lipinski definition) is 3. The molecular formula is C25H30FN5. The molecule has 0 spiro atoms. The van der Waals surface area contributed by atoms with Gasteiger partial charge in [0.1, 0.15) is 5.82 Å². The van der Waals surface area contributed by atoms with Crippen LogP contribution in [0.4, 0.5) is 4.39 Å². The van der Waals surface area contributed by atoms with Crippen molar-refractivity contribution in [2.45, 2.75) is 52.5 Å². The van der Waals surface area contributed by atoms with Crippen molar-refractivity contribution in [1.82, 2.24) is 9.78 Å². The van der Waals surface area contributed by atoms with Crippen LogP contribution in [0.15, 0.2) is 64.4 Å². The van der Waals surface area contributed by atoms with Gasteiger partial charge in [-0.05, 0) is 62.9 Å². The molecule has 1 aliphatic rings.